The Morgan fingerprint density at radius 3 is 2.79 bits per heavy atom. The average Bonchev–Trinajstić information content (AvgIpc) is 2.14. The number of piperazine rings is 1. The minimum absolute atomic E-state index is 0.325. The molecular formula is C11H24N2O. The second-order valence-corrected chi connectivity index (χ2v) is 4.68. The van der Waals surface area contributed by atoms with Crippen LogP contribution >= 0.6 is 0 Å². The van der Waals surface area contributed by atoms with Gasteiger partial charge >= 0.3 is 0 Å². The molecule has 0 aromatic heterocycles. The molecule has 0 bridgehead atoms. The molecule has 3 heteroatoms. The normalized spacial score (nSPS) is 22.5. The fraction of sp³-hybridized carbons (Fsp3) is 1.00. The van der Waals surface area contributed by atoms with Crippen LogP contribution in [-0.4, -0.2) is 50.3 Å². The minimum atomic E-state index is 0.325. The fourth-order valence-electron chi connectivity index (χ4n) is 1.99. The van der Waals surface area contributed by atoms with Crippen molar-refractivity contribution < 1.29 is 4.74 Å². The predicted molar refractivity (Wildman–Crippen MR) is 59.6 cm³/mol. The summed E-state index contributed by atoms with van der Waals surface area (Å²) in [6, 6.07) is 0. The van der Waals surface area contributed by atoms with Crippen LogP contribution < -0.4 is 5.32 Å². The van der Waals surface area contributed by atoms with Crippen molar-refractivity contribution in [2.24, 2.45) is 0 Å². The van der Waals surface area contributed by atoms with Crippen LogP contribution in [0.1, 0.15) is 26.7 Å². The molecule has 1 aliphatic heterocycles. The van der Waals surface area contributed by atoms with Gasteiger partial charge in [-0.2, -0.15) is 0 Å². The van der Waals surface area contributed by atoms with Crippen molar-refractivity contribution in [2.75, 3.05) is 39.9 Å². The van der Waals surface area contributed by atoms with Gasteiger partial charge in [-0.1, -0.05) is 0 Å². The molecule has 0 aromatic carbocycles. The third kappa shape index (κ3) is 3.56. The van der Waals surface area contributed by atoms with E-state index in [1.54, 1.807) is 7.11 Å². The van der Waals surface area contributed by atoms with Crippen LogP contribution in [0.15, 0.2) is 0 Å². The lowest BCUT2D eigenvalue weighted by atomic mass is 10.00. The third-order valence-electron chi connectivity index (χ3n) is 3.00. The zero-order valence-corrected chi connectivity index (χ0v) is 9.81. The Bertz CT molecular complexity index is 159. The summed E-state index contributed by atoms with van der Waals surface area (Å²) < 4.78 is 5.05. The van der Waals surface area contributed by atoms with E-state index >= 15 is 0 Å². The maximum absolute atomic E-state index is 5.05. The molecule has 0 saturated carbocycles. The summed E-state index contributed by atoms with van der Waals surface area (Å²) >= 11 is 0. The molecule has 3 nitrogen and oxygen atoms in total. The van der Waals surface area contributed by atoms with Crippen LogP contribution in [0.3, 0.4) is 0 Å². The second-order valence-electron chi connectivity index (χ2n) is 4.68. The van der Waals surface area contributed by atoms with Gasteiger partial charge in [0.05, 0.1) is 0 Å². The van der Waals surface area contributed by atoms with E-state index < -0.39 is 0 Å². The first-order valence-corrected chi connectivity index (χ1v) is 5.61. The van der Waals surface area contributed by atoms with Gasteiger partial charge in [0.1, 0.15) is 0 Å². The molecule has 14 heavy (non-hydrogen) atoms. The fourth-order valence-corrected chi connectivity index (χ4v) is 1.99. The molecular weight excluding hydrogens is 176 g/mol. The molecule has 1 saturated heterocycles. The van der Waals surface area contributed by atoms with Gasteiger partial charge in [-0.3, -0.25) is 4.90 Å². The highest BCUT2D eigenvalue weighted by molar-refractivity contribution is 4.87. The zero-order chi connectivity index (χ0) is 10.4. The molecule has 0 aliphatic carbocycles. The van der Waals surface area contributed by atoms with Crippen molar-refractivity contribution in [3.8, 4) is 0 Å². The van der Waals surface area contributed by atoms with E-state index in [1.807, 2.05) is 0 Å². The minimum Gasteiger partial charge on any atom is -0.385 e. The second kappa shape index (κ2) is 5.69. The molecule has 0 amide bonds. The summed E-state index contributed by atoms with van der Waals surface area (Å²) in [7, 11) is 1.77. The predicted octanol–water partition coefficient (Wildman–Crippen LogP) is 1.10. The number of unbranched alkanes of at least 4 members (excludes halogenated alkanes) is 1. The topological polar surface area (TPSA) is 24.5 Å². The summed E-state index contributed by atoms with van der Waals surface area (Å²) in [5, 5.41) is 3.44. The van der Waals surface area contributed by atoms with E-state index in [4.69, 9.17) is 4.74 Å². The maximum Gasteiger partial charge on any atom is 0.0462 e. The van der Waals surface area contributed by atoms with Crippen LogP contribution in [0.4, 0.5) is 0 Å². The summed E-state index contributed by atoms with van der Waals surface area (Å²) in [6.07, 6.45) is 2.42. The van der Waals surface area contributed by atoms with E-state index in [-0.39, 0.29) is 0 Å². The molecule has 1 heterocycles. The Hall–Kier alpha value is -0.120. The maximum atomic E-state index is 5.05. The van der Waals surface area contributed by atoms with Gasteiger partial charge in [0.2, 0.25) is 0 Å². The van der Waals surface area contributed by atoms with Crippen molar-refractivity contribution >= 4 is 0 Å². The standard InChI is InChI=1S/C11H24N2O/c1-11(2)10-12-6-8-13(11)7-4-5-9-14-3/h12H,4-10H2,1-3H3. The summed E-state index contributed by atoms with van der Waals surface area (Å²) in [5.41, 5.74) is 0.325. The third-order valence-corrected chi connectivity index (χ3v) is 3.00. The highest BCUT2D eigenvalue weighted by atomic mass is 16.5. The first kappa shape index (κ1) is 12.0. The smallest absolute Gasteiger partial charge is 0.0462 e. The number of hydrogen-bond donors (Lipinski definition) is 1. The van der Waals surface area contributed by atoms with Gasteiger partial charge in [-0.15, -0.1) is 0 Å². The first-order valence-electron chi connectivity index (χ1n) is 5.61. The molecule has 0 spiro atoms. The molecule has 0 atom stereocenters. The monoisotopic (exact) mass is 200 g/mol. The van der Waals surface area contributed by atoms with Gasteiger partial charge in [-0.25, -0.2) is 0 Å². The largest absolute Gasteiger partial charge is 0.385 e. The Kier molecular flexibility index (Phi) is 4.85. The van der Waals surface area contributed by atoms with Gasteiger partial charge in [0, 0.05) is 38.9 Å². The number of methoxy groups -OCH3 is 1. The number of nitrogens with one attached hydrogen (secondary N) is 1. The van der Waals surface area contributed by atoms with E-state index in [2.05, 4.69) is 24.1 Å². The Morgan fingerprint density at radius 1 is 1.36 bits per heavy atom. The Balaban J connectivity index is 2.20. The number of hydrogen-bond acceptors (Lipinski definition) is 3. The first-order chi connectivity index (χ1) is 6.67. The van der Waals surface area contributed by atoms with Crippen LogP contribution in [0.5, 0.6) is 0 Å². The van der Waals surface area contributed by atoms with Gasteiger partial charge in [0.15, 0.2) is 0 Å². The lowest BCUT2D eigenvalue weighted by Crippen LogP contribution is -2.57. The average molecular weight is 200 g/mol. The van der Waals surface area contributed by atoms with Gasteiger partial charge < -0.3 is 10.1 Å². The van der Waals surface area contributed by atoms with Crippen LogP contribution in [0, 0.1) is 0 Å². The van der Waals surface area contributed by atoms with E-state index in [1.165, 1.54) is 25.9 Å². The zero-order valence-electron chi connectivity index (χ0n) is 9.81. The molecule has 1 aliphatic rings. The van der Waals surface area contributed by atoms with Crippen molar-refractivity contribution in [1.82, 2.24) is 10.2 Å². The molecule has 1 N–H and O–H groups in total. The van der Waals surface area contributed by atoms with Crippen LogP contribution in [-0.2, 0) is 4.74 Å². The highest BCUT2D eigenvalue weighted by Gasteiger charge is 2.28. The van der Waals surface area contributed by atoms with E-state index in [0.29, 0.717) is 5.54 Å². The summed E-state index contributed by atoms with van der Waals surface area (Å²) in [5.74, 6) is 0. The lowest BCUT2D eigenvalue weighted by Gasteiger charge is -2.42. The molecule has 1 fully saturated rings. The molecule has 0 unspecified atom stereocenters. The van der Waals surface area contributed by atoms with E-state index in [0.717, 1.165) is 19.7 Å². The van der Waals surface area contributed by atoms with Crippen LogP contribution in [0.25, 0.3) is 0 Å². The SMILES string of the molecule is COCCCCN1CCNCC1(C)C. The van der Waals surface area contributed by atoms with E-state index in [9.17, 15) is 0 Å². The quantitative estimate of drug-likeness (QED) is 0.673. The molecule has 1 rings (SSSR count). The summed E-state index contributed by atoms with van der Waals surface area (Å²) in [4.78, 5) is 2.58. The highest BCUT2D eigenvalue weighted by Crippen LogP contribution is 2.16. The van der Waals surface area contributed by atoms with Crippen molar-refractivity contribution in [3.05, 3.63) is 0 Å². The van der Waals surface area contributed by atoms with Crippen molar-refractivity contribution in [1.29, 1.82) is 0 Å². The Labute approximate surface area is 87.8 Å². The van der Waals surface area contributed by atoms with Gasteiger partial charge in [0.25, 0.3) is 0 Å². The molecule has 0 radical (unpaired) electrons. The molecule has 84 valence electrons. The Morgan fingerprint density at radius 2 is 2.14 bits per heavy atom. The number of nitrogens with zero attached hydrogens (tertiary/aromatic N) is 1. The lowest BCUT2D eigenvalue weighted by molar-refractivity contribution is 0.0850. The number of rotatable bonds is 5. The van der Waals surface area contributed by atoms with Gasteiger partial charge in [-0.05, 0) is 33.2 Å². The summed E-state index contributed by atoms with van der Waals surface area (Å²) in [6.45, 7) is 10.2. The number of ether oxygens (including phenoxy) is 1. The molecule has 0 aromatic rings. The van der Waals surface area contributed by atoms with Crippen molar-refractivity contribution in [2.45, 2.75) is 32.2 Å². The van der Waals surface area contributed by atoms with Crippen LogP contribution in [0.2, 0.25) is 0 Å². The van der Waals surface area contributed by atoms with Crippen molar-refractivity contribution in [3.63, 3.8) is 0 Å².